The Morgan fingerprint density at radius 3 is 2.95 bits per heavy atom. The van der Waals surface area contributed by atoms with E-state index in [1.807, 2.05) is 10.7 Å². The lowest BCUT2D eigenvalue weighted by atomic mass is 9.93. The Hall–Kier alpha value is -2.18. The van der Waals surface area contributed by atoms with Crippen LogP contribution in [0.5, 0.6) is 0 Å². The Morgan fingerprint density at radius 2 is 2.24 bits per heavy atom. The summed E-state index contributed by atoms with van der Waals surface area (Å²) >= 11 is 0. The van der Waals surface area contributed by atoms with Gasteiger partial charge < -0.3 is 9.84 Å². The number of nitrogens with one attached hydrogen (secondary N) is 1. The van der Waals surface area contributed by atoms with Crippen molar-refractivity contribution in [2.75, 3.05) is 6.54 Å². The zero-order valence-corrected chi connectivity index (χ0v) is 11.7. The predicted molar refractivity (Wildman–Crippen MR) is 73.4 cm³/mol. The number of aromatic nitrogens is 4. The van der Waals surface area contributed by atoms with Crippen molar-refractivity contribution in [3.63, 3.8) is 0 Å². The molecular formula is C14H17N5O2. The van der Waals surface area contributed by atoms with Crippen LogP contribution in [0.4, 0.5) is 0 Å². The van der Waals surface area contributed by atoms with Gasteiger partial charge in [0, 0.05) is 25.1 Å². The topological polar surface area (TPSA) is 85.8 Å². The van der Waals surface area contributed by atoms with Gasteiger partial charge in [0.2, 0.25) is 5.91 Å². The Bertz CT molecular complexity index is 648. The first kappa shape index (κ1) is 12.6. The minimum atomic E-state index is 0.0954. The summed E-state index contributed by atoms with van der Waals surface area (Å²) in [6.45, 7) is 0.583. The van der Waals surface area contributed by atoms with E-state index in [1.54, 1.807) is 6.20 Å². The standard InChI is InChI=1S/C14H17N5O2/c20-12-5-4-9(8-15-12)13-17-14(21-18-13)11-6-7-16-19(11)10-2-1-3-10/h6-7,9-10H,1-5,8H2,(H,15,20). The van der Waals surface area contributed by atoms with Crippen LogP contribution in [-0.2, 0) is 4.79 Å². The van der Waals surface area contributed by atoms with Gasteiger partial charge in [-0.25, -0.2) is 0 Å². The molecule has 0 radical (unpaired) electrons. The number of hydrogen-bond donors (Lipinski definition) is 1. The molecule has 3 heterocycles. The van der Waals surface area contributed by atoms with E-state index < -0.39 is 0 Å². The number of amides is 1. The number of piperidine rings is 1. The lowest BCUT2D eigenvalue weighted by molar-refractivity contribution is -0.122. The van der Waals surface area contributed by atoms with Gasteiger partial charge >= 0.3 is 0 Å². The summed E-state index contributed by atoms with van der Waals surface area (Å²) in [6.07, 6.45) is 6.63. The second-order valence-corrected chi connectivity index (χ2v) is 5.74. The summed E-state index contributed by atoms with van der Waals surface area (Å²) in [6, 6.07) is 2.37. The van der Waals surface area contributed by atoms with Crippen LogP contribution >= 0.6 is 0 Å². The molecule has 1 saturated heterocycles. The highest BCUT2D eigenvalue weighted by Gasteiger charge is 2.27. The van der Waals surface area contributed by atoms with Gasteiger partial charge in [-0.15, -0.1) is 0 Å². The maximum absolute atomic E-state index is 11.2. The normalized spacial score (nSPS) is 22.9. The Morgan fingerprint density at radius 1 is 1.33 bits per heavy atom. The summed E-state index contributed by atoms with van der Waals surface area (Å²) in [5.74, 6) is 1.43. The van der Waals surface area contributed by atoms with Gasteiger partial charge in [0.25, 0.3) is 5.89 Å². The van der Waals surface area contributed by atoms with Crippen molar-refractivity contribution < 1.29 is 9.32 Å². The second-order valence-electron chi connectivity index (χ2n) is 5.74. The highest BCUT2D eigenvalue weighted by Crippen LogP contribution is 2.34. The lowest BCUT2D eigenvalue weighted by Gasteiger charge is -2.26. The highest BCUT2D eigenvalue weighted by molar-refractivity contribution is 5.76. The smallest absolute Gasteiger partial charge is 0.276 e. The van der Waals surface area contributed by atoms with Crippen LogP contribution in [0.1, 0.15) is 49.9 Å². The molecule has 7 heteroatoms. The lowest BCUT2D eigenvalue weighted by Crippen LogP contribution is -2.34. The molecule has 1 aliphatic carbocycles. The Kier molecular flexibility index (Phi) is 2.98. The van der Waals surface area contributed by atoms with Gasteiger partial charge in [0.15, 0.2) is 5.82 Å². The van der Waals surface area contributed by atoms with E-state index in [0.717, 1.165) is 25.0 Å². The number of hydrogen-bond acceptors (Lipinski definition) is 5. The molecule has 7 nitrogen and oxygen atoms in total. The largest absolute Gasteiger partial charge is 0.355 e. The van der Waals surface area contributed by atoms with Gasteiger partial charge in [-0.3, -0.25) is 9.48 Å². The van der Waals surface area contributed by atoms with Crippen LogP contribution < -0.4 is 5.32 Å². The highest BCUT2D eigenvalue weighted by atomic mass is 16.5. The van der Waals surface area contributed by atoms with Crippen LogP contribution in [0, 0.1) is 0 Å². The maximum Gasteiger partial charge on any atom is 0.276 e. The second kappa shape index (κ2) is 4.98. The van der Waals surface area contributed by atoms with Crippen molar-refractivity contribution in [1.82, 2.24) is 25.2 Å². The molecule has 1 atom stereocenters. The summed E-state index contributed by atoms with van der Waals surface area (Å²) in [5.41, 5.74) is 0.887. The van der Waals surface area contributed by atoms with Gasteiger partial charge in [-0.1, -0.05) is 5.16 Å². The van der Waals surface area contributed by atoms with Crippen LogP contribution in [0.3, 0.4) is 0 Å². The molecule has 2 aliphatic rings. The van der Waals surface area contributed by atoms with E-state index in [1.165, 1.54) is 6.42 Å². The number of carbonyl (C=O) groups excluding carboxylic acids is 1. The molecule has 1 aliphatic heterocycles. The quantitative estimate of drug-likeness (QED) is 0.927. The van der Waals surface area contributed by atoms with E-state index in [9.17, 15) is 4.79 Å². The summed E-state index contributed by atoms with van der Waals surface area (Å²) in [5, 5.41) is 11.3. The average Bonchev–Trinajstić information content (AvgIpc) is 3.06. The summed E-state index contributed by atoms with van der Waals surface area (Å²) in [7, 11) is 0. The molecule has 2 fully saturated rings. The Labute approximate surface area is 121 Å². The van der Waals surface area contributed by atoms with Crippen molar-refractivity contribution in [2.45, 2.75) is 44.1 Å². The van der Waals surface area contributed by atoms with Crippen molar-refractivity contribution in [3.05, 3.63) is 18.1 Å². The molecule has 110 valence electrons. The maximum atomic E-state index is 11.2. The van der Waals surface area contributed by atoms with Gasteiger partial charge in [0.05, 0.1) is 6.04 Å². The molecule has 0 bridgehead atoms. The number of carbonyl (C=O) groups is 1. The van der Waals surface area contributed by atoms with Crippen LogP contribution in [0.2, 0.25) is 0 Å². The van der Waals surface area contributed by atoms with Crippen LogP contribution in [0.15, 0.2) is 16.8 Å². The zero-order valence-electron chi connectivity index (χ0n) is 11.7. The number of nitrogens with zero attached hydrogens (tertiary/aromatic N) is 4. The third-order valence-electron chi connectivity index (χ3n) is 4.38. The fourth-order valence-corrected chi connectivity index (χ4v) is 2.86. The minimum absolute atomic E-state index is 0.0954. The molecule has 0 spiro atoms. The molecular weight excluding hydrogens is 270 g/mol. The molecule has 4 rings (SSSR count). The average molecular weight is 287 g/mol. The third-order valence-corrected chi connectivity index (χ3v) is 4.38. The number of rotatable bonds is 3. The molecule has 2 aromatic rings. The fraction of sp³-hybridized carbons (Fsp3) is 0.571. The molecule has 21 heavy (non-hydrogen) atoms. The van der Waals surface area contributed by atoms with E-state index in [2.05, 4.69) is 20.6 Å². The minimum Gasteiger partial charge on any atom is -0.355 e. The first-order valence-corrected chi connectivity index (χ1v) is 7.45. The summed E-state index contributed by atoms with van der Waals surface area (Å²) < 4.78 is 7.40. The van der Waals surface area contributed by atoms with Crippen LogP contribution in [-0.4, -0.2) is 32.4 Å². The fourth-order valence-electron chi connectivity index (χ4n) is 2.86. The van der Waals surface area contributed by atoms with Crippen molar-refractivity contribution in [1.29, 1.82) is 0 Å². The van der Waals surface area contributed by atoms with Crippen molar-refractivity contribution >= 4 is 5.91 Å². The van der Waals surface area contributed by atoms with Gasteiger partial charge in [-0.2, -0.15) is 10.1 Å². The van der Waals surface area contributed by atoms with E-state index in [4.69, 9.17) is 4.52 Å². The van der Waals surface area contributed by atoms with E-state index in [-0.39, 0.29) is 11.8 Å². The van der Waals surface area contributed by atoms with Crippen molar-refractivity contribution in [3.8, 4) is 11.6 Å². The Balaban J connectivity index is 1.57. The van der Waals surface area contributed by atoms with Gasteiger partial charge in [0.1, 0.15) is 5.69 Å². The monoisotopic (exact) mass is 287 g/mol. The molecule has 1 saturated carbocycles. The SMILES string of the molecule is O=C1CCC(c2noc(-c3ccnn3C3CCC3)n2)CN1. The molecule has 2 aromatic heterocycles. The molecule has 1 unspecified atom stereocenters. The molecule has 1 N–H and O–H groups in total. The third kappa shape index (κ3) is 2.22. The van der Waals surface area contributed by atoms with Gasteiger partial charge in [-0.05, 0) is 31.7 Å². The first-order valence-electron chi connectivity index (χ1n) is 7.45. The predicted octanol–water partition coefficient (Wildman–Crippen LogP) is 1.65. The molecule has 0 aromatic carbocycles. The summed E-state index contributed by atoms with van der Waals surface area (Å²) in [4.78, 5) is 15.7. The van der Waals surface area contributed by atoms with E-state index in [0.29, 0.717) is 30.7 Å². The van der Waals surface area contributed by atoms with E-state index >= 15 is 0 Å². The first-order chi connectivity index (χ1) is 10.3. The van der Waals surface area contributed by atoms with Crippen molar-refractivity contribution in [2.24, 2.45) is 0 Å². The zero-order chi connectivity index (χ0) is 14.2. The van der Waals surface area contributed by atoms with Crippen LogP contribution in [0.25, 0.3) is 11.6 Å². The molecule has 1 amide bonds.